The lowest BCUT2D eigenvalue weighted by Gasteiger charge is -2.29. The topological polar surface area (TPSA) is 49.5 Å². The van der Waals surface area contributed by atoms with Crippen molar-refractivity contribution in [1.29, 1.82) is 5.41 Å². The van der Waals surface area contributed by atoms with E-state index >= 15 is 0 Å². The zero-order valence-corrected chi connectivity index (χ0v) is 18.4. The Bertz CT molecular complexity index is 1280. The van der Waals surface area contributed by atoms with Crippen LogP contribution in [0.1, 0.15) is 30.4 Å². The van der Waals surface area contributed by atoms with Crippen LogP contribution in [0.15, 0.2) is 52.9 Å². The number of hydrogen-bond donors (Lipinski definition) is 1. The summed E-state index contributed by atoms with van der Waals surface area (Å²) in [5, 5.41) is 9.65. The zero-order chi connectivity index (χ0) is 21.5. The second kappa shape index (κ2) is 7.77. The summed E-state index contributed by atoms with van der Waals surface area (Å²) in [7, 11) is 1.72. The molecule has 3 aliphatic rings. The molecule has 0 amide bonds. The van der Waals surface area contributed by atoms with Crippen LogP contribution in [0, 0.1) is 19.3 Å². The first-order valence-electron chi connectivity index (χ1n) is 11.0. The third-order valence-electron chi connectivity index (χ3n) is 6.38. The molecule has 0 radical (unpaired) electrons. The van der Waals surface area contributed by atoms with Crippen LogP contribution in [0.4, 0.5) is 5.69 Å². The maximum absolute atomic E-state index is 8.10. The summed E-state index contributed by atoms with van der Waals surface area (Å²) in [5.74, 6) is 1.68. The van der Waals surface area contributed by atoms with Gasteiger partial charge >= 0.3 is 0 Å². The Morgan fingerprint density at radius 1 is 0.903 bits per heavy atom. The Balaban J connectivity index is 1.78. The number of anilines is 1. The van der Waals surface area contributed by atoms with E-state index in [1.807, 2.05) is 18.2 Å². The molecule has 0 saturated carbocycles. The lowest BCUT2D eigenvalue weighted by atomic mass is 9.91. The highest BCUT2D eigenvalue weighted by molar-refractivity contribution is 6.02. The quantitative estimate of drug-likeness (QED) is 0.402. The lowest BCUT2D eigenvalue weighted by molar-refractivity contribution is 0.408. The molecule has 0 bridgehead atoms. The smallest absolute Gasteiger partial charge is 0.137 e. The highest BCUT2D eigenvalue weighted by atomic mass is 16.5. The van der Waals surface area contributed by atoms with Crippen molar-refractivity contribution in [2.75, 3.05) is 25.1 Å². The fourth-order valence-electron chi connectivity index (χ4n) is 4.96. The van der Waals surface area contributed by atoms with Crippen LogP contribution in [0.5, 0.6) is 5.75 Å². The summed E-state index contributed by atoms with van der Waals surface area (Å²) in [6, 6.07) is 16.6. The van der Waals surface area contributed by atoms with Gasteiger partial charge in [-0.15, -0.1) is 0 Å². The summed E-state index contributed by atoms with van der Waals surface area (Å²) in [6.45, 7) is 6.37. The van der Waals surface area contributed by atoms with E-state index in [9.17, 15) is 0 Å². The van der Waals surface area contributed by atoms with E-state index in [0.29, 0.717) is 5.36 Å². The van der Waals surface area contributed by atoms with Crippen LogP contribution in [-0.2, 0) is 0 Å². The van der Waals surface area contributed by atoms with Crippen molar-refractivity contribution in [1.82, 2.24) is 0 Å². The molecular formula is C27H28N2O2. The molecule has 1 saturated heterocycles. The van der Waals surface area contributed by atoms with E-state index in [0.717, 1.165) is 63.4 Å². The third-order valence-corrected chi connectivity index (χ3v) is 6.38. The second-order valence-corrected chi connectivity index (χ2v) is 8.56. The third kappa shape index (κ3) is 3.46. The zero-order valence-electron chi connectivity index (χ0n) is 18.4. The van der Waals surface area contributed by atoms with Crippen molar-refractivity contribution in [3.05, 3.63) is 65.0 Å². The van der Waals surface area contributed by atoms with E-state index in [1.54, 1.807) is 7.11 Å². The van der Waals surface area contributed by atoms with Crippen molar-refractivity contribution in [2.45, 2.75) is 33.1 Å². The van der Waals surface area contributed by atoms with E-state index in [2.05, 4.69) is 49.1 Å². The largest absolute Gasteiger partial charge is 0.496 e. The summed E-state index contributed by atoms with van der Waals surface area (Å²) in [6.07, 6.45) is 3.79. The van der Waals surface area contributed by atoms with Crippen LogP contribution in [0.2, 0.25) is 0 Å². The molecule has 2 heterocycles. The van der Waals surface area contributed by atoms with E-state index in [1.165, 1.54) is 24.9 Å². The molecule has 2 aromatic carbocycles. The van der Waals surface area contributed by atoms with Crippen molar-refractivity contribution >= 4 is 16.7 Å². The molecule has 0 unspecified atom stereocenters. The predicted octanol–water partition coefficient (Wildman–Crippen LogP) is 6.30. The first-order chi connectivity index (χ1) is 15.0. The van der Waals surface area contributed by atoms with Gasteiger partial charge in [-0.3, -0.25) is 0 Å². The number of piperidine rings is 1. The minimum atomic E-state index is 0.454. The molecule has 1 N–H and O–H groups in total. The van der Waals surface area contributed by atoms with Gasteiger partial charge < -0.3 is 19.5 Å². The van der Waals surface area contributed by atoms with Crippen LogP contribution < -0.4 is 15.0 Å². The maximum Gasteiger partial charge on any atom is 0.137 e. The van der Waals surface area contributed by atoms with Gasteiger partial charge in [-0.25, -0.2) is 0 Å². The molecule has 1 aliphatic carbocycles. The Morgan fingerprint density at radius 2 is 1.65 bits per heavy atom. The Kier molecular flexibility index (Phi) is 4.93. The molecular weight excluding hydrogens is 384 g/mol. The molecule has 158 valence electrons. The second-order valence-electron chi connectivity index (χ2n) is 8.56. The molecule has 4 heteroatoms. The summed E-state index contributed by atoms with van der Waals surface area (Å²) in [4.78, 5) is 2.45. The molecule has 2 aromatic rings. The molecule has 5 rings (SSSR count). The van der Waals surface area contributed by atoms with Gasteiger partial charge in [0.2, 0.25) is 0 Å². The highest BCUT2D eigenvalue weighted by Crippen LogP contribution is 2.42. The SMILES string of the molecule is COc1c(C)cc(-c2c3ccc(=N)cc-3oc3cc(N4CCCCC4)ccc23)cc1C. The van der Waals surface area contributed by atoms with Gasteiger partial charge in [-0.2, -0.15) is 0 Å². The standard InChI is InChI=1S/C27H28N2O2/c1-17-13-19(14-18(2)27(17)30-3)26-22-9-7-20(28)15-24(22)31-25-16-21(8-10-23(25)26)29-11-5-4-6-12-29/h7-10,13-16,28H,4-6,11-12H2,1-3H3. The van der Waals surface area contributed by atoms with Crippen LogP contribution in [0.3, 0.4) is 0 Å². The van der Waals surface area contributed by atoms with E-state index in [4.69, 9.17) is 14.6 Å². The summed E-state index contributed by atoms with van der Waals surface area (Å²) in [5.41, 5.74) is 7.62. The number of methoxy groups -OCH3 is 1. The van der Waals surface area contributed by atoms with Crippen molar-refractivity contribution < 1.29 is 9.15 Å². The Morgan fingerprint density at radius 3 is 2.35 bits per heavy atom. The first kappa shape index (κ1) is 19.7. The predicted molar refractivity (Wildman–Crippen MR) is 126 cm³/mol. The van der Waals surface area contributed by atoms with E-state index < -0.39 is 0 Å². The van der Waals surface area contributed by atoms with Gasteiger partial charge in [0.25, 0.3) is 0 Å². The highest BCUT2D eigenvalue weighted by Gasteiger charge is 2.20. The number of nitrogens with zero attached hydrogens (tertiary/aromatic N) is 1. The number of ether oxygens (including phenoxy) is 1. The molecule has 2 aliphatic heterocycles. The Hall–Kier alpha value is -3.27. The number of fused-ring (bicyclic) bond motifs is 2. The van der Waals surface area contributed by atoms with Crippen LogP contribution in [0.25, 0.3) is 33.4 Å². The number of rotatable bonds is 3. The average Bonchev–Trinajstić information content (AvgIpc) is 2.77. The van der Waals surface area contributed by atoms with Gasteiger partial charge in [-0.1, -0.05) is 0 Å². The fourth-order valence-corrected chi connectivity index (χ4v) is 4.96. The van der Waals surface area contributed by atoms with E-state index in [-0.39, 0.29) is 0 Å². The summed E-state index contributed by atoms with van der Waals surface area (Å²) >= 11 is 0. The van der Waals surface area contributed by atoms with Crippen LogP contribution >= 0.6 is 0 Å². The molecule has 4 nitrogen and oxygen atoms in total. The molecule has 0 spiro atoms. The van der Waals surface area contributed by atoms with Gasteiger partial charge in [0.1, 0.15) is 17.1 Å². The molecule has 0 aromatic heterocycles. The van der Waals surface area contributed by atoms with Crippen molar-refractivity contribution in [3.8, 4) is 28.2 Å². The monoisotopic (exact) mass is 412 g/mol. The molecule has 0 atom stereocenters. The molecule has 1 fully saturated rings. The van der Waals surface area contributed by atoms with Crippen LogP contribution in [-0.4, -0.2) is 20.2 Å². The van der Waals surface area contributed by atoms with Gasteiger partial charge in [0.05, 0.1) is 12.5 Å². The fraction of sp³-hybridized carbons (Fsp3) is 0.296. The molecule has 31 heavy (non-hydrogen) atoms. The number of nitrogens with one attached hydrogen (secondary N) is 1. The van der Waals surface area contributed by atoms with Gasteiger partial charge in [0, 0.05) is 47.4 Å². The minimum Gasteiger partial charge on any atom is -0.496 e. The minimum absolute atomic E-state index is 0.454. The Labute approximate surface area is 182 Å². The average molecular weight is 413 g/mol. The lowest BCUT2D eigenvalue weighted by Crippen LogP contribution is -2.29. The maximum atomic E-state index is 8.10. The first-order valence-corrected chi connectivity index (χ1v) is 11.0. The van der Waals surface area contributed by atoms with Crippen molar-refractivity contribution in [2.24, 2.45) is 0 Å². The number of hydrogen-bond acceptors (Lipinski definition) is 4. The normalized spacial score (nSPS) is 14.4. The van der Waals surface area contributed by atoms with Crippen molar-refractivity contribution in [3.63, 3.8) is 0 Å². The van der Waals surface area contributed by atoms with Gasteiger partial charge in [0.15, 0.2) is 0 Å². The number of aryl methyl sites for hydroxylation is 2. The van der Waals surface area contributed by atoms with Gasteiger partial charge in [-0.05, 0) is 86.2 Å². The number of benzene rings is 3. The summed E-state index contributed by atoms with van der Waals surface area (Å²) < 4.78 is 11.9.